The molecular formula is C12H15ClFNO. The third kappa shape index (κ3) is 2.54. The predicted octanol–water partition coefficient (Wildman–Crippen LogP) is 2.44. The molecule has 1 atom stereocenters. The number of likely N-dealkylation sites (tertiary alicyclic amines) is 1. The minimum Gasteiger partial charge on any atom is -0.395 e. The number of rotatable bonds is 3. The average molecular weight is 244 g/mol. The van der Waals surface area contributed by atoms with Crippen LogP contribution in [0.4, 0.5) is 4.39 Å². The second-order valence-electron chi connectivity index (χ2n) is 4.18. The summed E-state index contributed by atoms with van der Waals surface area (Å²) in [5.41, 5.74) is 0.794. The maximum atomic E-state index is 13.1. The molecule has 1 aromatic rings. The summed E-state index contributed by atoms with van der Waals surface area (Å²) >= 11 is 6.01. The molecule has 1 unspecified atom stereocenters. The first-order valence-corrected chi connectivity index (χ1v) is 5.87. The van der Waals surface area contributed by atoms with Crippen molar-refractivity contribution in [3.8, 4) is 0 Å². The molecule has 0 amide bonds. The van der Waals surface area contributed by atoms with Gasteiger partial charge in [-0.2, -0.15) is 0 Å². The van der Waals surface area contributed by atoms with E-state index in [4.69, 9.17) is 11.6 Å². The Labute approximate surface area is 99.6 Å². The van der Waals surface area contributed by atoms with Gasteiger partial charge < -0.3 is 5.11 Å². The van der Waals surface area contributed by atoms with Crippen LogP contribution in [-0.4, -0.2) is 29.2 Å². The van der Waals surface area contributed by atoms with E-state index in [-0.39, 0.29) is 18.5 Å². The Morgan fingerprint density at radius 3 is 3.06 bits per heavy atom. The quantitative estimate of drug-likeness (QED) is 0.882. The lowest BCUT2D eigenvalue weighted by atomic mass is 10.2. The van der Waals surface area contributed by atoms with Gasteiger partial charge in [-0.25, -0.2) is 4.39 Å². The number of aliphatic hydroxyl groups excluding tert-OH is 1. The van der Waals surface area contributed by atoms with Crippen LogP contribution in [0.1, 0.15) is 18.4 Å². The van der Waals surface area contributed by atoms with Crippen molar-refractivity contribution < 1.29 is 9.50 Å². The van der Waals surface area contributed by atoms with E-state index in [1.807, 2.05) is 0 Å². The lowest BCUT2D eigenvalue weighted by Crippen LogP contribution is -2.31. The zero-order valence-electron chi connectivity index (χ0n) is 9.00. The van der Waals surface area contributed by atoms with E-state index in [1.165, 1.54) is 12.1 Å². The Morgan fingerprint density at radius 1 is 1.50 bits per heavy atom. The molecule has 4 heteroatoms. The fraction of sp³-hybridized carbons (Fsp3) is 0.500. The van der Waals surface area contributed by atoms with Crippen molar-refractivity contribution in [2.75, 3.05) is 13.2 Å². The van der Waals surface area contributed by atoms with Crippen LogP contribution >= 0.6 is 11.6 Å². The first kappa shape index (κ1) is 11.8. The predicted molar refractivity (Wildman–Crippen MR) is 61.9 cm³/mol. The molecule has 16 heavy (non-hydrogen) atoms. The Kier molecular flexibility index (Phi) is 3.79. The molecule has 0 spiro atoms. The Bertz CT molecular complexity index is 372. The Balaban J connectivity index is 2.11. The lowest BCUT2D eigenvalue weighted by molar-refractivity contribution is 0.153. The summed E-state index contributed by atoms with van der Waals surface area (Å²) < 4.78 is 13.1. The van der Waals surface area contributed by atoms with Crippen molar-refractivity contribution in [2.24, 2.45) is 0 Å². The maximum Gasteiger partial charge on any atom is 0.123 e. The highest BCUT2D eigenvalue weighted by molar-refractivity contribution is 6.31. The molecule has 0 bridgehead atoms. The molecule has 0 radical (unpaired) electrons. The SMILES string of the molecule is OCC1CCCN1Cc1cc(F)ccc1Cl. The molecule has 1 aliphatic rings. The number of nitrogens with zero attached hydrogens (tertiary/aromatic N) is 1. The van der Waals surface area contributed by atoms with E-state index in [2.05, 4.69) is 4.90 Å². The summed E-state index contributed by atoms with van der Waals surface area (Å²) in [5, 5.41) is 9.78. The summed E-state index contributed by atoms with van der Waals surface area (Å²) in [7, 11) is 0. The minimum atomic E-state index is -0.265. The minimum absolute atomic E-state index is 0.160. The van der Waals surface area contributed by atoms with Gasteiger partial charge in [-0.3, -0.25) is 4.90 Å². The van der Waals surface area contributed by atoms with Gasteiger partial charge in [0, 0.05) is 17.6 Å². The number of hydrogen-bond acceptors (Lipinski definition) is 2. The monoisotopic (exact) mass is 243 g/mol. The first-order chi connectivity index (χ1) is 7.70. The molecule has 1 heterocycles. The standard InChI is InChI=1S/C12H15ClFNO/c13-12-4-3-10(14)6-9(12)7-15-5-1-2-11(15)8-16/h3-4,6,11,16H,1-2,5,7-8H2. The number of halogens is 2. The molecule has 1 aliphatic heterocycles. The summed E-state index contributed by atoms with van der Waals surface area (Å²) in [6.45, 7) is 1.72. The van der Waals surface area contributed by atoms with Crippen molar-refractivity contribution in [1.29, 1.82) is 0 Å². The fourth-order valence-corrected chi connectivity index (χ4v) is 2.37. The number of aliphatic hydroxyl groups is 1. The molecule has 0 aliphatic carbocycles. The fourth-order valence-electron chi connectivity index (χ4n) is 2.19. The van der Waals surface area contributed by atoms with E-state index in [9.17, 15) is 9.50 Å². The van der Waals surface area contributed by atoms with Gasteiger partial charge in [-0.05, 0) is 43.1 Å². The molecule has 2 rings (SSSR count). The van der Waals surface area contributed by atoms with Crippen molar-refractivity contribution in [3.63, 3.8) is 0 Å². The third-order valence-corrected chi connectivity index (χ3v) is 3.46. The van der Waals surface area contributed by atoms with E-state index >= 15 is 0 Å². The van der Waals surface area contributed by atoms with Crippen LogP contribution in [0.25, 0.3) is 0 Å². The second-order valence-corrected chi connectivity index (χ2v) is 4.59. The highest BCUT2D eigenvalue weighted by Crippen LogP contribution is 2.24. The molecule has 1 saturated heterocycles. The second kappa shape index (κ2) is 5.13. The van der Waals surface area contributed by atoms with Crippen LogP contribution in [0.2, 0.25) is 5.02 Å². The van der Waals surface area contributed by atoms with Gasteiger partial charge in [0.05, 0.1) is 6.61 Å². The normalized spacial score (nSPS) is 21.6. The molecule has 0 saturated carbocycles. The largest absolute Gasteiger partial charge is 0.395 e. The van der Waals surface area contributed by atoms with Gasteiger partial charge >= 0.3 is 0 Å². The highest BCUT2D eigenvalue weighted by atomic mass is 35.5. The van der Waals surface area contributed by atoms with E-state index in [1.54, 1.807) is 6.07 Å². The molecule has 88 valence electrons. The lowest BCUT2D eigenvalue weighted by Gasteiger charge is -2.23. The Hall–Kier alpha value is -0.640. The number of hydrogen-bond donors (Lipinski definition) is 1. The van der Waals surface area contributed by atoms with Crippen LogP contribution < -0.4 is 0 Å². The summed E-state index contributed by atoms with van der Waals surface area (Å²) in [4.78, 5) is 2.15. The van der Waals surface area contributed by atoms with Gasteiger partial charge in [-0.15, -0.1) is 0 Å². The smallest absolute Gasteiger partial charge is 0.123 e. The van der Waals surface area contributed by atoms with E-state index in [0.29, 0.717) is 11.6 Å². The van der Waals surface area contributed by atoms with Crippen LogP contribution in [0, 0.1) is 5.82 Å². The molecule has 2 nitrogen and oxygen atoms in total. The van der Waals surface area contributed by atoms with Crippen LogP contribution in [-0.2, 0) is 6.54 Å². The molecule has 1 aromatic carbocycles. The molecule has 0 aromatic heterocycles. The molecular weight excluding hydrogens is 229 g/mol. The van der Waals surface area contributed by atoms with Crippen LogP contribution in [0.5, 0.6) is 0 Å². The summed E-state index contributed by atoms with van der Waals surface area (Å²) in [5.74, 6) is -0.265. The molecule has 1 N–H and O–H groups in total. The zero-order valence-corrected chi connectivity index (χ0v) is 9.75. The van der Waals surface area contributed by atoms with Gasteiger partial charge in [0.25, 0.3) is 0 Å². The highest BCUT2D eigenvalue weighted by Gasteiger charge is 2.24. The van der Waals surface area contributed by atoms with Crippen molar-refractivity contribution in [1.82, 2.24) is 4.90 Å². The van der Waals surface area contributed by atoms with Crippen molar-refractivity contribution >= 4 is 11.6 Å². The first-order valence-electron chi connectivity index (χ1n) is 5.49. The van der Waals surface area contributed by atoms with Gasteiger partial charge in [0.15, 0.2) is 0 Å². The Morgan fingerprint density at radius 2 is 2.31 bits per heavy atom. The topological polar surface area (TPSA) is 23.5 Å². The van der Waals surface area contributed by atoms with Crippen molar-refractivity contribution in [3.05, 3.63) is 34.6 Å². The third-order valence-electron chi connectivity index (χ3n) is 3.09. The van der Waals surface area contributed by atoms with Crippen LogP contribution in [0.3, 0.4) is 0 Å². The average Bonchev–Trinajstić information content (AvgIpc) is 2.71. The number of benzene rings is 1. The van der Waals surface area contributed by atoms with Gasteiger partial charge in [0.2, 0.25) is 0 Å². The van der Waals surface area contributed by atoms with Crippen LogP contribution in [0.15, 0.2) is 18.2 Å². The van der Waals surface area contributed by atoms with Crippen molar-refractivity contribution in [2.45, 2.75) is 25.4 Å². The summed E-state index contributed by atoms with van der Waals surface area (Å²) in [6, 6.07) is 4.60. The van der Waals surface area contributed by atoms with Gasteiger partial charge in [-0.1, -0.05) is 11.6 Å². The van der Waals surface area contributed by atoms with E-state index < -0.39 is 0 Å². The molecule has 1 fully saturated rings. The van der Waals surface area contributed by atoms with E-state index in [0.717, 1.165) is 24.9 Å². The van der Waals surface area contributed by atoms with Gasteiger partial charge in [0.1, 0.15) is 5.82 Å². The maximum absolute atomic E-state index is 13.1. The summed E-state index contributed by atoms with van der Waals surface area (Å²) in [6.07, 6.45) is 2.08. The zero-order chi connectivity index (χ0) is 11.5.